The monoisotopic (exact) mass is 410 g/mol. The maximum Gasteiger partial charge on any atom is 0.339 e. The number of carbonyl (C=O) groups is 2. The second-order valence-corrected chi connectivity index (χ2v) is 5.95. The van der Waals surface area contributed by atoms with Crippen LogP contribution in [0.4, 0.5) is 15.8 Å². The van der Waals surface area contributed by atoms with Crippen LogP contribution in [0.1, 0.15) is 24.2 Å². The SMILES string of the molecule is CCOc1ccc(C(=O)O[C@@H](C)C(=O)Nc2ccc(F)c(Cl)c2)cc1[N+](=O)[O-]. The number of nitro benzene ring substituents is 1. The molecule has 0 heterocycles. The normalized spacial score (nSPS) is 11.4. The van der Waals surface area contributed by atoms with Crippen molar-refractivity contribution in [3.63, 3.8) is 0 Å². The van der Waals surface area contributed by atoms with E-state index in [0.29, 0.717) is 0 Å². The van der Waals surface area contributed by atoms with E-state index in [1.165, 1.54) is 31.2 Å². The molecule has 0 spiro atoms. The summed E-state index contributed by atoms with van der Waals surface area (Å²) in [5.41, 5.74) is -0.287. The number of hydrogen-bond acceptors (Lipinski definition) is 6. The quantitative estimate of drug-likeness (QED) is 0.420. The summed E-state index contributed by atoms with van der Waals surface area (Å²) in [5.74, 6) is -2.23. The first-order chi connectivity index (χ1) is 13.2. The summed E-state index contributed by atoms with van der Waals surface area (Å²) in [6, 6.07) is 7.17. The Balaban J connectivity index is 2.08. The van der Waals surface area contributed by atoms with Crippen molar-refractivity contribution in [2.45, 2.75) is 20.0 Å². The number of hydrogen-bond donors (Lipinski definition) is 1. The van der Waals surface area contributed by atoms with Gasteiger partial charge in [-0.1, -0.05) is 11.6 Å². The van der Waals surface area contributed by atoms with E-state index in [4.69, 9.17) is 21.1 Å². The first-order valence-electron chi connectivity index (χ1n) is 8.11. The van der Waals surface area contributed by atoms with Crippen molar-refractivity contribution in [2.75, 3.05) is 11.9 Å². The fourth-order valence-corrected chi connectivity index (χ4v) is 2.35. The molecule has 148 valence electrons. The molecule has 2 rings (SSSR count). The van der Waals surface area contributed by atoms with Crippen LogP contribution >= 0.6 is 11.6 Å². The number of halogens is 2. The fourth-order valence-electron chi connectivity index (χ4n) is 2.16. The van der Waals surface area contributed by atoms with Crippen LogP contribution < -0.4 is 10.1 Å². The number of esters is 1. The van der Waals surface area contributed by atoms with Gasteiger partial charge in [-0.05, 0) is 44.2 Å². The Bertz CT molecular complexity index is 921. The van der Waals surface area contributed by atoms with Gasteiger partial charge in [-0.25, -0.2) is 9.18 Å². The standard InChI is InChI=1S/C18H16ClFN2O6/c1-3-27-16-7-4-11(8-15(16)22(25)26)18(24)28-10(2)17(23)21-12-5-6-14(20)13(19)9-12/h4-10H,3H2,1-2H3,(H,21,23)/t10-/m0/s1. The zero-order valence-corrected chi connectivity index (χ0v) is 15.7. The molecule has 1 N–H and O–H groups in total. The minimum Gasteiger partial charge on any atom is -0.487 e. The third-order valence-electron chi connectivity index (χ3n) is 3.53. The lowest BCUT2D eigenvalue weighted by atomic mass is 10.2. The van der Waals surface area contributed by atoms with Crippen molar-refractivity contribution in [1.82, 2.24) is 0 Å². The van der Waals surface area contributed by atoms with Crippen LogP contribution in [-0.4, -0.2) is 29.5 Å². The number of nitro groups is 1. The molecule has 1 amide bonds. The molecule has 1 atom stereocenters. The lowest BCUT2D eigenvalue weighted by Gasteiger charge is -2.14. The number of nitrogens with zero attached hydrogens (tertiary/aromatic N) is 1. The molecular weight excluding hydrogens is 395 g/mol. The summed E-state index contributed by atoms with van der Waals surface area (Å²) in [6.45, 7) is 3.21. The minimum absolute atomic E-state index is 0.0167. The highest BCUT2D eigenvalue weighted by Crippen LogP contribution is 2.28. The van der Waals surface area contributed by atoms with E-state index in [1.54, 1.807) is 6.92 Å². The highest BCUT2D eigenvalue weighted by molar-refractivity contribution is 6.31. The lowest BCUT2D eigenvalue weighted by molar-refractivity contribution is -0.385. The molecule has 0 saturated carbocycles. The zero-order valence-electron chi connectivity index (χ0n) is 14.9. The highest BCUT2D eigenvalue weighted by atomic mass is 35.5. The summed E-state index contributed by atoms with van der Waals surface area (Å²) >= 11 is 5.64. The van der Waals surface area contributed by atoms with Crippen LogP contribution in [-0.2, 0) is 9.53 Å². The summed E-state index contributed by atoms with van der Waals surface area (Å²) in [6.07, 6.45) is -1.22. The van der Waals surface area contributed by atoms with Crippen molar-refractivity contribution < 1.29 is 28.4 Å². The second kappa shape index (κ2) is 9.14. The summed E-state index contributed by atoms with van der Waals surface area (Å²) < 4.78 is 23.3. The average Bonchev–Trinajstić information content (AvgIpc) is 2.64. The zero-order chi connectivity index (χ0) is 20.8. The molecular formula is C18H16ClFN2O6. The molecule has 10 heteroatoms. The molecule has 0 aliphatic carbocycles. The maximum absolute atomic E-state index is 13.1. The van der Waals surface area contributed by atoms with Gasteiger partial charge >= 0.3 is 11.7 Å². The Morgan fingerprint density at radius 2 is 2.00 bits per heavy atom. The van der Waals surface area contributed by atoms with Gasteiger partial charge in [-0.15, -0.1) is 0 Å². The van der Waals surface area contributed by atoms with E-state index < -0.39 is 34.4 Å². The molecule has 28 heavy (non-hydrogen) atoms. The first-order valence-corrected chi connectivity index (χ1v) is 8.48. The number of benzene rings is 2. The van der Waals surface area contributed by atoms with Gasteiger partial charge in [0.1, 0.15) is 5.82 Å². The molecule has 2 aromatic rings. The van der Waals surface area contributed by atoms with Gasteiger partial charge in [0.25, 0.3) is 5.91 Å². The third-order valence-corrected chi connectivity index (χ3v) is 3.82. The molecule has 0 radical (unpaired) electrons. The van der Waals surface area contributed by atoms with Gasteiger partial charge in [-0.2, -0.15) is 0 Å². The summed E-state index contributed by atoms with van der Waals surface area (Å²) in [7, 11) is 0. The third kappa shape index (κ3) is 5.17. The number of anilines is 1. The molecule has 0 aliphatic rings. The summed E-state index contributed by atoms with van der Waals surface area (Å²) in [5, 5.41) is 13.4. The Morgan fingerprint density at radius 1 is 1.29 bits per heavy atom. The van der Waals surface area contributed by atoms with Crippen LogP contribution in [0, 0.1) is 15.9 Å². The van der Waals surface area contributed by atoms with Crippen molar-refractivity contribution in [1.29, 1.82) is 0 Å². The van der Waals surface area contributed by atoms with Crippen LogP contribution in [0.25, 0.3) is 0 Å². The predicted octanol–water partition coefficient (Wildman–Crippen LogP) is 3.97. The molecule has 0 unspecified atom stereocenters. The number of carbonyl (C=O) groups excluding carboxylic acids is 2. The van der Waals surface area contributed by atoms with Crippen LogP contribution in [0.3, 0.4) is 0 Å². The Hall–Kier alpha value is -3.20. The highest BCUT2D eigenvalue weighted by Gasteiger charge is 2.23. The van der Waals surface area contributed by atoms with E-state index in [9.17, 15) is 24.1 Å². The van der Waals surface area contributed by atoms with Crippen molar-refractivity contribution in [2.24, 2.45) is 0 Å². The van der Waals surface area contributed by atoms with E-state index in [0.717, 1.165) is 12.1 Å². The topological polar surface area (TPSA) is 108 Å². The largest absolute Gasteiger partial charge is 0.487 e. The predicted molar refractivity (Wildman–Crippen MR) is 99.2 cm³/mol. The number of amides is 1. The Morgan fingerprint density at radius 3 is 2.61 bits per heavy atom. The minimum atomic E-state index is -1.22. The molecule has 0 aliphatic heterocycles. The van der Waals surface area contributed by atoms with Crippen molar-refractivity contribution >= 4 is 34.9 Å². The van der Waals surface area contributed by atoms with Crippen LogP contribution in [0.5, 0.6) is 5.75 Å². The van der Waals surface area contributed by atoms with Crippen molar-refractivity contribution in [3.8, 4) is 5.75 Å². The van der Waals surface area contributed by atoms with E-state index in [-0.39, 0.29) is 28.6 Å². The van der Waals surface area contributed by atoms with Gasteiger partial charge in [0.15, 0.2) is 11.9 Å². The number of ether oxygens (including phenoxy) is 2. The molecule has 8 nitrogen and oxygen atoms in total. The lowest BCUT2D eigenvalue weighted by Crippen LogP contribution is -2.30. The van der Waals surface area contributed by atoms with Gasteiger partial charge in [0, 0.05) is 11.8 Å². The van der Waals surface area contributed by atoms with Gasteiger partial charge in [0.2, 0.25) is 0 Å². The molecule has 2 aromatic carbocycles. The van der Waals surface area contributed by atoms with E-state index in [2.05, 4.69) is 5.32 Å². The van der Waals surface area contributed by atoms with Gasteiger partial charge < -0.3 is 14.8 Å². The van der Waals surface area contributed by atoms with E-state index >= 15 is 0 Å². The average molecular weight is 411 g/mol. The molecule has 0 bridgehead atoms. The molecule has 0 aromatic heterocycles. The Labute approximate surface area is 164 Å². The molecule has 0 fully saturated rings. The van der Waals surface area contributed by atoms with Gasteiger partial charge in [-0.3, -0.25) is 14.9 Å². The number of nitrogens with one attached hydrogen (secondary N) is 1. The summed E-state index contributed by atoms with van der Waals surface area (Å²) in [4.78, 5) is 34.8. The first kappa shape index (κ1) is 21.1. The Kier molecular flexibility index (Phi) is 6.89. The number of rotatable bonds is 7. The fraction of sp³-hybridized carbons (Fsp3) is 0.222. The van der Waals surface area contributed by atoms with Crippen LogP contribution in [0.15, 0.2) is 36.4 Å². The van der Waals surface area contributed by atoms with Crippen LogP contribution in [0.2, 0.25) is 5.02 Å². The van der Waals surface area contributed by atoms with E-state index in [1.807, 2.05) is 0 Å². The van der Waals surface area contributed by atoms with Gasteiger partial charge in [0.05, 0.1) is 22.1 Å². The maximum atomic E-state index is 13.1. The second-order valence-electron chi connectivity index (χ2n) is 5.54. The van der Waals surface area contributed by atoms with Crippen molar-refractivity contribution in [3.05, 3.63) is 62.9 Å². The smallest absolute Gasteiger partial charge is 0.339 e. The molecule has 0 saturated heterocycles.